The highest BCUT2D eigenvalue weighted by atomic mass is 16.5. The zero-order chi connectivity index (χ0) is 12.0. The molecule has 0 aliphatic heterocycles. The molecule has 0 aromatic carbocycles. The van der Waals surface area contributed by atoms with Gasteiger partial charge in [0.05, 0.1) is 6.61 Å². The van der Waals surface area contributed by atoms with Crippen LogP contribution in [0, 0.1) is 11.8 Å². The van der Waals surface area contributed by atoms with Crippen molar-refractivity contribution in [3.8, 4) is 0 Å². The molecule has 1 saturated carbocycles. The van der Waals surface area contributed by atoms with Crippen LogP contribution in [0.2, 0.25) is 0 Å². The Morgan fingerprint density at radius 3 is 2.81 bits per heavy atom. The summed E-state index contributed by atoms with van der Waals surface area (Å²) in [5.74, 6) is -0.222. The lowest BCUT2D eigenvalue weighted by Crippen LogP contribution is -2.38. The number of nitrogens with two attached hydrogens (primary N) is 1. The van der Waals surface area contributed by atoms with Crippen molar-refractivity contribution < 1.29 is 14.3 Å². The van der Waals surface area contributed by atoms with Gasteiger partial charge in [0.15, 0.2) is 0 Å². The SMILES string of the molecule is CCOC(=O)CNC(=O)[C@@H]1CCC[C@@H]1CN. The van der Waals surface area contributed by atoms with Gasteiger partial charge in [0.2, 0.25) is 5.91 Å². The average molecular weight is 228 g/mol. The monoisotopic (exact) mass is 228 g/mol. The normalized spacial score (nSPS) is 24.1. The molecule has 0 bridgehead atoms. The number of esters is 1. The number of nitrogens with one attached hydrogen (secondary N) is 1. The predicted molar refractivity (Wildman–Crippen MR) is 59.5 cm³/mol. The summed E-state index contributed by atoms with van der Waals surface area (Å²) in [5, 5.41) is 2.60. The van der Waals surface area contributed by atoms with E-state index >= 15 is 0 Å². The molecule has 0 spiro atoms. The van der Waals surface area contributed by atoms with Crippen molar-refractivity contribution in [1.29, 1.82) is 0 Å². The Kier molecular flexibility index (Phi) is 5.25. The minimum atomic E-state index is -0.391. The van der Waals surface area contributed by atoms with Crippen molar-refractivity contribution in [2.24, 2.45) is 17.6 Å². The second-order valence-corrected chi connectivity index (χ2v) is 4.06. The number of amides is 1. The highest BCUT2D eigenvalue weighted by Gasteiger charge is 2.31. The maximum Gasteiger partial charge on any atom is 0.325 e. The first-order valence-electron chi connectivity index (χ1n) is 5.82. The Hall–Kier alpha value is -1.10. The van der Waals surface area contributed by atoms with Crippen LogP contribution in [-0.4, -0.2) is 31.6 Å². The van der Waals surface area contributed by atoms with Crippen LogP contribution < -0.4 is 11.1 Å². The van der Waals surface area contributed by atoms with Gasteiger partial charge in [0.25, 0.3) is 0 Å². The average Bonchev–Trinajstić information content (AvgIpc) is 2.74. The number of carbonyl (C=O) groups excluding carboxylic acids is 2. The first kappa shape index (κ1) is 13.0. The molecule has 1 fully saturated rings. The third-order valence-corrected chi connectivity index (χ3v) is 3.01. The van der Waals surface area contributed by atoms with Crippen LogP contribution >= 0.6 is 0 Å². The summed E-state index contributed by atoms with van der Waals surface area (Å²) in [6.07, 6.45) is 2.92. The molecule has 5 nitrogen and oxygen atoms in total. The van der Waals surface area contributed by atoms with Gasteiger partial charge in [0, 0.05) is 5.92 Å². The zero-order valence-electron chi connectivity index (χ0n) is 9.70. The molecule has 5 heteroatoms. The first-order chi connectivity index (χ1) is 7.69. The topological polar surface area (TPSA) is 81.4 Å². The van der Waals surface area contributed by atoms with Gasteiger partial charge in [0.1, 0.15) is 6.54 Å². The minimum absolute atomic E-state index is 0.0283. The van der Waals surface area contributed by atoms with Gasteiger partial charge in [-0.15, -0.1) is 0 Å². The fourth-order valence-corrected chi connectivity index (χ4v) is 2.17. The largest absolute Gasteiger partial charge is 0.465 e. The predicted octanol–water partition coefficient (Wildman–Crippen LogP) is 0.0407. The molecule has 0 aromatic heterocycles. The lowest BCUT2D eigenvalue weighted by molar-refractivity contribution is -0.144. The maximum atomic E-state index is 11.7. The Morgan fingerprint density at radius 1 is 1.44 bits per heavy atom. The van der Waals surface area contributed by atoms with Crippen molar-refractivity contribution >= 4 is 11.9 Å². The molecule has 0 radical (unpaired) electrons. The lowest BCUT2D eigenvalue weighted by Gasteiger charge is -2.16. The highest BCUT2D eigenvalue weighted by Crippen LogP contribution is 2.30. The summed E-state index contributed by atoms with van der Waals surface area (Å²) in [4.78, 5) is 22.8. The van der Waals surface area contributed by atoms with Crippen molar-refractivity contribution in [3.05, 3.63) is 0 Å². The number of carbonyl (C=O) groups is 2. The molecular weight excluding hydrogens is 208 g/mol. The quantitative estimate of drug-likeness (QED) is 0.651. The minimum Gasteiger partial charge on any atom is -0.465 e. The molecule has 92 valence electrons. The fourth-order valence-electron chi connectivity index (χ4n) is 2.17. The maximum absolute atomic E-state index is 11.7. The summed E-state index contributed by atoms with van der Waals surface area (Å²) in [5.41, 5.74) is 5.59. The van der Waals surface area contributed by atoms with Gasteiger partial charge >= 0.3 is 5.97 Å². The van der Waals surface area contributed by atoms with Crippen LogP contribution in [0.3, 0.4) is 0 Å². The van der Waals surface area contributed by atoms with Crippen molar-refractivity contribution in [2.45, 2.75) is 26.2 Å². The summed E-state index contributed by atoms with van der Waals surface area (Å²) in [7, 11) is 0. The van der Waals surface area contributed by atoms with E-state index in [1.54, 1.807) is 6.92 Å². The Morgan fingerprint density at radius 2 is 2.19 bits per heavy atom. The van der Waals surface area contributed by atoms with Gasteiger partial charge < -0.3 is 15.8 Å². The van der Waals surface area contributed by atoms with E-state index in [0.29, 0.717) is 13.2 Å². The Labute approximate surface area is 95.7 Å². The molecule has 0 saturated heterocycles. The third kappa shape index (κ3) is 3.48. The lowest BCUT2D eigenvalue weighted by atomic mass is 9.95. The first-order valence-corrected chi connectivity index (χ1v) is 5.82. The van der Waals surface area contributed by atoms with Crippen molar-refractivity contribution in [1.82, 2.24) is 5.32 Å². The van der Waals surface area contributed by atoms with E-state index < -0.39 is 5.97 Å². The molecule has 1 rings (SSSR count). The van der Waals surface area contributed by atoms with E-state index in [1.165, 1.54) is 0 Å². The fraction of sp³-hybridized carbons (Fsp3) is 0.818. The molecular formula is C11H20N2O3. The van der Waals surface area contributed by atoms with Crippen LogP contribution in [0.5, 0.6) is 0 Å². The van der Waals surface area contributed by atoms with Gasteiger partial charge in [-0.1, -0.05) is 6.42 Å². The van der Waals surface area contributed by atoms with Crippen molar-refractivity contribution in [3.63, 3.8) is 0 Å². The second kappa shape index (κ2) is 6.48. The number of ether oxygens (including phenoxy) is 1. The molecule has 2 atom stereocenters. The van der Waals surface area contributed by atoms with E-state index in [0.717, 1.165) is 19.3 Å². The second-order valence-electron chi connectivity index (χ2n) is 4.06. The molecule has 0 unspecified atom stereocenters. The van der Waals surface area contributed by atoms with E-state index in [2.05, 4.69) is 5.32 Å². The molecule has 16 heavy (non-hydrogen) atoms. The van der Waals surface area contributed by atoms with Crippen LogP contribution in [0.25, 0.3) is 0 Å². The molecule has 3 N–H and O–H groups in total. The van der Waals surface area contributed by atoms with Gasteiger partial charge in [-0.25, -0.2) is 0 Å². The number of rotatable bonds is 5. The zero-order valence-corrected chi connectivity index (χ0v) is 9.70. The van der Waals surface area contributed by atoms with E-state index in [9.17, 15) is 9.59 Å². The van der Waals surface area contributed by atoms with E-state index in [4.69, 9.17) is 10.5 Å². The van der Waals surface area contributed by atoms with Crippen LogP contribution in [0.4, 0.5) is 0 Å². The van der Waals surface area contributed by atoms with Gasteiger partial charge in [-0.05, 0) is 32.2 Å². The highest BCUT2D eigenvalue weighted by molar-refractivity contribution is 5.83. The molecule has 1 amide bonds. The Balaban J connectivity index is 2.31. The number of hydrogen-bond donors (Lipinski definition) is 2. The van der Waals surface area contributed by atoms with Gasteiger partial charge in [-0.3, -0.25) is 9.59 Å². The summed E-state index contributed by atoms with van der Waals surface area (Å²) in [6.45, 7) is 2.57. The van der Waals surface area contributed by atoms with Crippen molar-refractivity contribution in [2.75, 3.05) is 19.7 Å². The molecule has 1 aliphatic rings. The van der Waals surface area contributed by atoms with Crippen LogP contribution in [0.15, 0.2) is 0 Å². The van der Waals surface area contributed by atoms with Crippen LogP contribution in [0.1, 0.15) is 26.2 Å². The van der Waals surface area contributed by atoms with E-state index in [-0.39, 0.29) is 24.3 Å². The van der Waals surface area contributed by atoms with E-state index in [1.807, 2.05) is 0 Å². The molecule has 1 aliphatic carbocycles. The summed E-state index contributed by atoms with van der Waals surface area (Å²) in [6, 6.07) is 0. The smallest absolute Gasteiger partial charge is 0.325 e. The van der Waals surface area contributed by atoms with Crippen LogP contribution in [-0.2, 0) is 14.3 Å². The Bertz CT molecular complexity index is 256. The summed E-state index contributed by atoms with van der Waals surface area (Å²) < 4.78 is 4.73. The third-order valence-electron chi connectivity index (χ3n) is 3.01. The molecule has 0 heterocycles. The summed E-state index contributed by atoms with van der Waals surface area (Å²) >= 11 is 0. The van der Waals surface area contributed by atoms with Gasteiger partial charge in [-0.2, -0.15) is 0 Å². The standard InChI is InChI=1S/C11H20N2O3/c1-2-16-10(14)7-13-11(15)9-5-3-4-8(9)6-12/h8-9H,2-7,12H2,1H3,(H,13,15)/t8-,9-/m1/s1. The number of hydrogen-bond acceptors (Lipinski definition) is 4. The molecule has 0 aromatic rings.